The Hall–Kier alpha value is -1.05. The van der Waals surface area contributed by atoms with E-state index in [0.717, 1.165) is 19.3 Å². The van der Waals surface area contributed by atoms with E-state index in [9.17, 15) is 4.79 Å². The van der Waals surface area contributed by atoms with Crippen LogP contribution in [0.5, 0.6) is 0 Å². The topological polar surface area (TPSA) is 26.3 Å². The molecular weight excluding hydrogens is 296 g/mol. The first-order valence-electron chi connectivity index (χ1n) is 9.83. The maximum Gasteiger partial charge on any atom is 0.312 e. The van der Waals surface area contributed by atoms with Crippen molar-refractivity contribution in [2.75, 3.05) is 6.61 Å². The summed E-state index contributed by atoms with van der Waals surface area (Å²) in [5, 5.41) is 0. The van der Waals surface area contributed by atoms with E-state index in [2.05, 4.69) is 39.5 Å². The quantitative estimate of drug-likeness (QED) is 0.491. The van der Waals surface area contributed by atoms with E-state index >= 15 is 0 Å². The zero-order valence-electron chi connectivity index (χ0n) is 16.0. The minimum atomic E-state index is -0.351. The number of hydrogen-bond donors (Lipinski definition) is 0. The average molecular weight is 331 g/mol. The van der Waals surface area contributed by atoms with Crippen molar-refractivity contribution in [1.82, 2.24) is 0 Å². The maximum absolute atomic E-state index is 12.9. The fraction of sp³-hybridized carbons (Fsp3) is 0.773. The zero-order valence-corrected chi connectivity index (χ0v) is 16.0. The molecule has 134 valence electrons. The second-order valence-electron chi connectivity index (χ2n) is 9.02. The van der Waals surface area contributed by atoms with Gasteiger partial charge in [-0.3, -0.25) is 4.79 Å². The van der Waals surface area contributed by atoms with E-state index in [1.165, 1.54) is 25.7 Å². The second kappa shape index (κ2) is 6.04. The predicted octanol–water partition coefficient (Wildman–Crippen LogP) is 5.68. The molecule has 3 aliphatic rings. The van der Waals surface area contributed by atoms with Crippen LogP contribution in [-0.2, 0) is 9.53 Å². The Balaban J connectivity index is 2.08. The fourth-order valence-corrected chi connectivity index (χ4v) is 6.27. The van der Waals surface area contributed by atoms with Crippen molar-refractivity contribution < 1.29 is 9.53 Å². The Morgan fingerprint density at radius 2 is 2.08 bits per heavy atom. The third-order valence-electron chi connectivity index (χ3n) is 7.69. The van der Waals surface area contributed by atoms with Gasteiger partial charge in [-0.2, -0.15) is 0 Å². The van der Waals surface area contributed by atoms with Crippen LogP contribution in [-0.4, -0.2) is 12.6 Å². The minimum Gasteiger partial charge on any atom is -0.466 e. The van der Waals surface area contributed by atoms with Crippen molar-refractivity contribution in [2.45, 2.75) is 72.6 Å². The number of carbonyl (C=O) groups is 1. The molecule has 2 fully saturated rings. The molecule has 0 bridgehead atoms. The molecule has 0 spiro atoms. The van der Waals surface area contributed by atoms with Gasteiger partial charge in [-0.15, -0.1) is 6.58 Å². The van der Waals surface area contributed by atoms with Crippen molar-refractivity contribution in [2.24, 2.45) is 28.1 Å². The lowest BCUT2D eigenvalue weighted by molar-refractivity contribution is -0.173. The van der Waals surface area contributed by atoms with Gasteiger partial charge in [0.25, 0.3) is 0 Å². The SMILES string of the molecule is C=C[C@@]1(C)C[C@@H]2[C@](C)(CCC[C@@]2(C)C(=O)OCC)[C@H]2CCCC=C21. The molecular formula is C22H34O2. The summed E-state index contributed by atoms with van der Waals surface area (Å²) in [4.78, 5) is 12.9. The summed E-state index contributed by atoms with van der Waals surface area (Å²) in [7, 11) is 0. The highest BCUT2D eigenvalue weighted by Crippen LogP contribution is 2.67. The number of carbonyl (C=O) groups excluding carboxylic acids is 1. The molecule has 0 aliphatic heterocycles. The van der Waals surface area contributed by atoms with E-state index in [4.69, 9.17) is 4.74 Å². The van der Waals surface area contributed by atoms with Crippen LogP contribution in [0.1, 0.15) is 72.6 Å². The first kappa shape index (κ1) is 17.8. The smallest absolute Gasteiger partial charge is 0.312 e. The molecule has 24 heavy (non-hydrogen) atoms. The maximum atomic E-state index is 12.9. The van der Waals surface area contributed by atoms with Gasteiger partial charge >= 0.3 is 5.97 Å². The molecule has 3 aliphatic carbocycles. The molecule has 0 unspecified atom stereocenters. The lowest BCUT2D eigenvalue weighted by atomic mass is 9.41. The lowest BCUT2D eigenvalue weighted by Gasteiger charge is -2.62. The zero-order chi connectivity index (χ0) is 17.6. The van der Waals surface area contributed by atoms with Crippen molar-refractivity contribution in [3.63, 3.8) is 0 Å². The summed E-state index contributed by atoms with van der Waals surface area (Å²) < 4.78 is 5.54. The third-order valence-corrected chi connectivity index (χ3v) is 7.69. The summed E-state index contributed by atoms with van der Waals surface area (Å²) in [6.07, 6.45) is 12.8. The Morgan fingerprint density at radius 3 is 2.75 bits per heavy atom. The van der Waals surface area contributed by atoms with Gasteiger partial charge in [0, 0.05) is 5.41 Å². The Morgan fingerprint density at radius 1 is 1.33 bits per heavy atom. The normalized spacial score (nSPS) is 44.8. The monoisotopic (exact) mass is 330 g/mol. The third kappa shape index (κ3) is 2.40. The number of rotatable bonds is 3. The fourth-order valence-electron chi connectivity index (χ4n) is 6.27. The summed E-state index contributed by atoms with van der Waals surface area (Å²) >= 11 is 0. The number of hydrogen-bond acceptors (Lipinski definition) is 2. The van der Waals surface area contributed by atoms with Gasteiger partial charge < -0.3 is 4.74 Å². The molecule has 2 heteroatoms. The van der Waals surface area contributed by atoms with Crippen LogP contribution < -0.4 is 0 Å². The van der Waals surface area contributed by atoms with Crippen molar-refractivity contribution >= 4 is 5.97 Å². The number of allylic oxidation sites excluding steroid dienone is 3. The van der Waals surface area contributed by atoms with E-state index in [0.29, 0.717) is 18.4 Å². The van der Waals surface area contributed by atoms with Crippen molar-refractivity contribution in [3.8, 4) is 0 Å². The van der Waals surface area contributed by atoms with Gasteiger partial charge in [-0.25, -0.2) is 0 Å². The van der Waals surface area contributed by atoms with Crippen LogP contribution in [0.2, 0.25) is 0 Å². The first-order chi connectivity index (χ1) is 11.3. The van der Waals surface area contributed by atoms with Crippen LogP contribution in [0.4, 0.5) is 0 Å². The van der Waals surface area contributed by atoms with Crippen LogP contribution in [0.25, 0.3) is 0 Å². The molecule has 0 aromatic carbocycles. The van der Waals surface area contributed by atoms with Gasteiger partial charge in [-0.1, -0.05) is 38.0 Å². The summed E-state index contributed by atoms with van der Waals surface area (Å²) in [5.41, 5.74) is 1.50. The van der Waals surface area contributed by atoms with E-state index in [1.807, 2.05) is 6.92 Å². The summed E-state index contributed by atoms with van der Waals surface area (Å²) in [5.74, 6) is 0.999. The van der Waals surface area contributed by atoms with Gasteiger partial charge in [0.1, 0.15) is 0 Å². The molecule has 0 radical (unpaired) electrons. The second-order valence-corrected chi connectivity index (χ2v) is 9.02. The minimum absolute atomic E-state index is 0.0237. The highest BCUT2D eigenvalue weighted by atomic mass is 16.5. The lowest BCUT2D eigenvalue weighted by Crippen LogP contribution is -2.57. The van der Waals surface area contributed by atoms with E-state index in [-0.39, 0.29) is 22.2 Å². The van der Waals surface area contributed by atoms with Crippen LogP contribution in [0, 0.1) is 28.1 Å². The van der Waals surface area contributed by atoms with E-state index in [1.54, 1.807) is 5.57 Å². The molecule has 2 nitrogen and oxygen atoms in total. The summed E-state index contributed by atoms with van der Waals surface area (Å²) in [6.45, 7) is 13.5. The Labute approximate surface area is 147 Å². The molecule has 0 N–H and O–H groups in total. The molecule has 0 aromatic heterocycles. The molecule has 3 rings (SSSR count). The number of ether oxygens (including phenoxy) is 1. The molecule has 2 saturated carbocycles. The Bertz CT molecular complexity index is 562. The number of esters is 1. The molecule has 0 heterocycles. The molecule has 0 saturated heterocycles. The molecule has 5 atom stereocenters. The van der Waals surface area contributed by atoms with Crippen LogP contribution in [0.15, 0.2) is 24.3 Å². The molecule has 0 amide bonds. The van der Waals surface area contributed by atoms with Gasteiger partial charge in [0.15, 0.2) is 0 Å². The van der Waals surface area contributed by atoms with Crippen LogP contribution >= 0.6 is 0 Å². The van der Waals surface area contributed by atoms with Crippen molar-refractivity contribution in [1.29, 1.82) is 0 Å². The first-order valence-corrected chi connectivity index (χ1v) is 9.83. The molecule has 0 aromatic rings. The summed E-state index contributed by atoms with van der Waals surface area (Å²) in [6, 6.07) is 0. The van der Waals surface area contributed by atoms with Crippen LogP contribution in [0.3, 0.4) is 0 Å². The van der Waals surface area contributed by atoms with E-state index < -0.39 is 0 Å². The predicted molar refractivity (Wildman–Crippen MR) is 98.5 cm³/mol. The Kier molecular flexibility index (Phi) is 4.47. The number of fused-ring (bicyclic) bond motifs is 3. The van der Waals surface area contributed by atoms with Gasteiger partial charge in [-0.05, 0) is 69.6 Å². The highest BCUT2D eigenvalue weighted by molar-refractivity contribution is 5.77. The largest absolute Gasteiger partial charge is 0.466 e. The van der Waals surface area contributed by atoms with Crippen molar-refractivity contribution in [3.05, 3.63) is 24.3 Å². The van der Waals surface area contributed by atoms with Gasteiger partial charge in [0.2, 0.25) is 0 Å². The average Bonchev–Trinajstić information content (AvgIpc) is 2.58. The standard InChI is InChI=1S/C22H34O2/c1-6-20(3)15-18-21(4,17-12-9-8-11-16(17)20)13-10-14-22(18,5)19(23)24-7-2/h6,11,17-18H,1,7-10,12-15H2,2-5H3/t17-,18+,20-,21+,22+/m0/s1. The highest BCUT2D eigenvalue weighted by Gasteiger charge is 2.61. The van der Waals surface area contributed by atoms with Gasteiger partial charge in [0.05, 0.1) is 12.0 Å².